The lowest BCUT2D eigenvalue weighted by molar-refractivity contribution is 0.0913. The van der Waals surface area contributed by atoms with E-state index in [9.17, 15) is 13.2 Å². The van der Waals surface area contributed by atoms with E-state index in [1.807, 2.05) is 13.8 Å². The van der Waals surface area contributed by atoms with E-state index in [4.69, 9.17) is 0 Å². The van der Waals surface area contributed by atoms with Crippen LogP contribution in [0.15, 0.2) is 29.2 Å². The molecule has 0 saturated heterocycles. The lowest BCUT2D eigenvalue weighted by Crippen LogP contribution is -2.25. The number of nitrogens with one attached hydrogen (secondary N) is 1. The van der Waals surface area contributed by atoms with Crippen LogP contribution in [0.2, 0.25) is 0 Å². The van der Waals surface area contributed by atoms with E-state index in [-0.39, 0.29) is 22.6 Å². The van der Waals surface area contributed by atoms with Crippen LogP contribution in [-0.4, -0.2) is 20.2 Å². The summed E-state index contributed by atoms with van der Waals surface area (Å²) in [5, 5.41) is 0. The highest BCUT2D eigenvalue weighted by Crippen LogP contribution is 2.23. The van der Waals surface area contributed by atoms with Gasteiger partial charge in [-0.3, -0.25) is 4.79 Å². The quantitative estimate of drug-likeness (QED) is 0.787. The largest absolute Gasteiger partial charge is 0.294 e. The molecule has 0 heterocycles. The average molecular weight is 295 g/mol. The first-order valence-electron chi connectivity index (χ1n) is 7.14. The molecule has 1 aromatic carbocycles. The van der Waals surface area contributed by atoms with E-state index in [0.29, 0.717) is 5.56 Å². The number of hydrogen-bond donors (Lipinski definition) is 1. The zero-order valence-corrected chi connectivity index (χ0v) is 12.7. The molecular formula is C15H21NO3S. The van der Waals surface area contributed by atoms with Crippen molar-refractivity contribution < 1.29 is 13.2 Å². The third kappa shape index (κ3) is 3.46. The summed E-state index contributed by atoms with van der Waals surface area (Å²) in [5.41, 5.74) is 0.587. The van der Waals surface area contributed by atoms with Gasteiger partial charge in [-0.15, -0.1) is 0 Å². The van der Waals surface area contributed by atoms with Crippen molar-refractivity contribution in [1.29, 1.82) is 0 Å². The van der Waals surface area contributed by atoms with E-state index >= 15 is 0 Å². The molecule has 0 spiro atoms. The zero-order valence-electron chi connectivity index (χ0n) is 11.9. The Balaban J connectivity index is 2.15. The molecular weight excluding hydrogens is 274 g/mol. The van der Waals surface area contributed by atoms with Gasteiger partial charge in [0.2, 0.25) is 10.0 Å². The van der Waals surface area contributed by atoms with E-state index in [1.165, 1.54) is 12.1 Å². The van der Waals surface area contributed by atoms with Gasteiger partial charge in [-0.2, -0.15) is 0 Å². The predicted molar refractivity (Wildman–Crippen MR) is 78.2 cm³/mol. The minimum Gasteiger partial charge on any atom is -0.294 e. The summed E-state index contributed by atoms with van der Waals surface area (Å²) in [7, 11) is -3.43. The first-order valence-corrected chi connectivity index (χ1v) is 8.62. The summed E-state index contributed by atoms with van der Waals surface area (Å²) in [6.45, 7) is 3.98. The van der Waals surface area contributed by atoms with Gasteiger partial charge in [0.25, 0.3) is 0 Å². The van der Waals surface area contributed by atoms with Crippen molar-refractivity contribution in [3.05, 3.63) is 29.8 Å². The third-order valence-corrected chi connectivity index (χ3v) is 5.24. The molecule has 0 amide bonds. The van der Waals surface area contributed by atoms with E-state index in [1.54, 1.807) is 12.1 Å². The Bertz CT molecular complexity index is 570. The Kier molecular flexibility index (Phi) is 4.60. The second kappa shape index (κ2) is 6.06. The van der Waals surface area contributed by atoms with E-state index in [0.717, 1.165) is 25.7 Å². The van der Waals surface area contributed by atoms with E-state index in [2.05, 4.69) is 4.72 Å². The van der Waals surface area contributed by atoms with Gasteiger partial charge in [-0.05, 0) is 37.8 Å². The molecule has 1 fully saturated rings. The molecule has 20 heavy (non-hydrogen) atoms. The molecule has 0 aromatic heterocycles. The van der Waals surface area contributed by atoms with Gasteiger partial charge in [0.1, 0.15) is 0 Å². The standard InChI is InChI=1S/C15H21NO3S/c1-3-11(4-2)15(17)12-5-9-14(10-6-12)20(18,19)16-13-7-8-13/h5-6,9-11,13,16H,3-4,7-8H2,1-2H3. The smallest absolute Gasteiger partial charge is 0.240 e. The van der Waals surface area contributed by atoms with Crippen molar-refractivity contribution >= 4 is 15.8 Å². The molecule has 2 rings (SSSR count). The summed E-state index contributed by atoms with van der Waals surface area (Å²) < 4.78 is 26.7. The van der Waals surface area contributed by atoms with Crippen molar-refractivity contribution in [2.45, 2.75) is 50.5 Å². The van der Waals surface area contributed by atoms with Crippen LogP contribution in [0, 0.1) is 5.92 Å². The van der Waals surface area contributed by atoms with Gasteiger partial charge in [-0.1, -0.05) is 26.0 Å². The normalized spacial score (nSPS) is 15.6. The van der Waals surface area contributed by atoms with Crippen LogP contribution in [0.5, 0.6) is 0 Å². The highest BCUT2D eigenvalue weighted by molar-refractivity contribution is 7.89. The fourth-order valence-corrected chi connectivity index (χ4v) is 3.49. The zero-order chi connectivity index (χ0) is 14.8. The van der Waals surface area contributed by atoms with E-state index < -0.39 is 10.0 Å². The molecule has 0 radical (unpaired) electrons. The number of carbonyl (C=O) groups is 1. The summed E-state index contributed by atoms with van der Waals surface area (Å²) in [6.07, 6.45) is 3.42. The molecule has 1 aliphatic carbocycles. The van der Waals surface area contributed by atoms with Crippen LogP contribution < -0.4 is 4.72 Å². The Morgan fingerprint density at radius 1 is 1.20 bits per heavy atom. The van der Waals surface area contributed by atoms with Gasteiger partial charge in [0.15, 0.2) is 5.78 Å². The second-order valence-electron chi connectivity index (χ2n) is 5.30. The number of Topliss-reactive ketones (excluding diaryl/α,β-unsaturated/α-hetero) is 1. The first-order chi connectivity index (χ1) is 9.47. The van der Waals surface area contributed by atoms with Crippen LogP contribution in [0.4, 0.5) is 0 Å². The molecule has 4 nitrogen and oxygen atoms in total. The maximum absolute atomic E-state index is 12.2. The molecule has 0 aliphatic heterocycles. The third-order valence-electron chi connectivity index (χ3n) is 3.70. The van der Waals surface area contributed by atoms with Crippen molar-refractivity contribution in [2.75, 3.05) is 0 Å². The van der Waals surface area contributed by atoms with Crippen LogP contribution in [-0.2, 0) is 10.0 Å². The second-order valence-corrected chi connectivity index (χ2v) is 7.01. The molecule has 110 valence electrons. The lowest BCUT2D eigenvalue weighted by Gasteiger charge is -2.11. The van der Waals surface area contributed by atoms with Crippen LogP contribution >= 0.6 is 0 Å². The molecule has 1 aromatic rings. The Morgan fingerprint density at radius 2 is 1.75 bits per heavy atom. The molecule has 1 saturated carbocycles. The summed E-state index contributed by atoms with van der Waals surface area (Å²) >= 11 is 0. The van der Waals surface area contributed by atoms with Gasteiger partial charge in [-0.25, -0.2) is 13.1 Å². The lowest BCUT2D eigenvalue weighted by atomic mass is 9.93. The minimum atomic E-state index is -3.43. The van der Waals surface area contributed by atoms with Gasteiger partial charge < -0.3 is 0 Å². The molecule has 0 atom stereocenters. The van der Waals surface area contributed by atoms with Gasteiger partial charge in [0, 0.05) is 17.5 Å². The number of benzene rings is 1. The van der Waals surface area contributed by atoms with Crippen molar-refractivity contribution in [3.8, 4) is 0 Å². The van der Waals surface area contributed by atoms with Gasteiger partial charge >= 0.3 is 0 Å². The number of carbonyl (C=O) groups excluding carboxylic acids is 1. The number of rotatable bonds is 7. The SMILES string of the molecule is CCC(CC)C(=O)c1ccc(S(=O)(=O)NC2CC2)cc1. The molecule has 0 bridgehead atoms. The number of hydrogen-bond acceptors (Lipinski definition) is 3. The van der Waals surface area contributed by atoms with Gasteiger partial charge in [0.05, 0.1) is 4.90 Å². The predicted octanol–water partition coefficient (Wildman–Crippen LogP) is 2.75. The Labute approximate surface area is 120 Å². The molecule has 0 unspecified atom stereocenters. The van der Waals surface area contributed by atoms with Crippen LogP contribution in [0.3, 0.4) is 0 Å². The molecule has 1 aliphatic rings. The highest BCUT2D eigenvalue weighted by atomic mass is 32.2. The topological polar surface area (TPSA) is 63.2 Å². The highest BCUT2D eigenvalue weighted by Gasteiger charge is 2.28. The van der Waals surface area contributed by atoms with Crippen molar-refractivity contribution in [1.82, 2.24) is 4.72 Å². The fourth-order valence-electron chi connectivity index (χ4n) is 2.18. The molecule has 1 N–H and O–H groups in total. The van der Waals surface area contributed by atoms with Crippen LogP contribution in [0.25, 0.3) is 0 Å². The maximum Gasteiger partial charge on any atom is 0.240 e. The van der Waals surface area contributed by atoms with Crippen molar-refractivity contribution in [3.63, 3.8) is 0 Å². The summed E-state index contributed by atoms with van der Waals surface area (Å²) in [6, 6.07) is 6.34. The maximum atomic E-state index is 12.2. The molecule has 5 heteroatoms. The summed E-state index contributed by atoms with van der Waals surface area (Å²) in [4.78, 5) is 12.4. The first kappa shape index (κ1) is 15.2. The number of sulfonamides is 1. The van der Waals surface area contributed by atoms with Crippen LogP contribution in [0.1, 0.15) is 49.9 Å². The minimum absolute atomic E-state index is 0.0158. The average Bonchev–Trinajstić information content (AvgIpc) is 3.23. The fraction of sp³-hybridized carbons (Fsp3) is 0.533. The Hall–Kier alpha value is -1.20. The Morgan fingerprint density at radius 3 is 2.20 bits per heavy atom. The summed E-state index contributed by atoms with van der Waals surface area (Å²) in [5.74, 6) is 0.108. The van der Waals surface area contributed by atoms with Crippen molar-refractivity contribution in [2.24, 2.45) is 5.92 Å². The monoisotopic (exact) mass is 295 g/mol. The number of ketones is 1.